The molecule has 142 valence electrons. The molecule has 0 bridgehead atoms. The van der Waals surface area contributed by atoms with Gasteiger partial charge in [0.2, 0.25) is 5.91 Å². The Bertz CT molecular complexity index is 843. The fraction of sp³-hybridized carbons (Fsp3) is 0.250. The van der Waals surface area contributed by atoms with Crippen molar-refractivity contribution in [3.05, 3.63) is 69.0 Å². The third-order valence-electron chi connectivity index (χ3n) is 3.98. The molecule has 27 heavy (non-hydrogen) atoms. The molecule has 7 heteroatoms. The summed E-state index contributed by atoms with van der Waals surface area (Å²) in [6.07, 6.45) is 0.976. The van der Waals surface area contributed by atoms with Crippen molar-refractivity contribution in [3.63, 3.8) is 0 Å². The summed E-state index contributed by atoms with van der Waals surface area (Å²) in [5.74, 6) is 0.551. The van der Waals surface area contributed by atoms with Crippen LogP contribution in [0.15, 0.2) is 53.4 Å². The van der Waals surface area contributed by atoms with Gasteiger partial charge in [-0.05, 0) is 37.1 Å². The quantitative estimate of drug-likeness (QED) is 0.596. The number of hydrogen-bond acceptors (Lipinski definition) is 4. The van der Waals surface area contributed by atoms with Crippen LogP contribution in [0.4, 0.5) is 0 Å². The highest BCUT2D eigenvalue weighted by Gasteiger charge is 2.23. The molecule has 0 spiro atoms. The van der Waals surface area contributed by atoms with Crippen LogP contribution in [0.1, 0.15) is 25.3 Å². The number of carbonyl (C=O) groups excluding carboxylic acids is 1. The minimum atomic E-state index is -0.153. The molecule has 0 aliphatic carbocycles. The zero-order valence-electron chi connectivity index (χ0n) is 14.8. The first-order chi connectivity index (χ1) is 13.0. The van der Waals surface area contributed by atoms with Crippen molar-refractivity contribution in [2.24, 2.45) is 0 Å². The van der Waals surface area contributed by atoms with Gasteiger partial charge in [0, 0.05) is 16.3 Å². The van der Waals surface area contributed by atoms with E-state index in [0.717, 1.165) is 16.2 Å². The summed E-state index contributed by atoms with van der Waals surface area (Å²) < 4.78 is 5.60. The third-order valence-corrected chi connectivity index (χ3v) is 5.54. The number of carbonyl (C=O) groups is 1. The van der Waals surface area contributed by atoms with E-state index >= 15 is 0 Å². The molecule has 4 nitrogen and oxygen atoms in total. The fourth-order valence-corrected chi connectivity index (χ4v) is 4.16. The molecule has 2 aromatic rings. The smallest absolute Gasteiger partial charge is 0.222 e. The lowest BCUT2D eigenvalue weighted by Gasteiger charge is -2.15. The molecule has 0 saturated heterocycles. The van der Waals surface area contributed by atoms with E-state index in [9.17, 15) is 4.79 Å². The maximum Gasteiger partial charge on any atom is 0.222 e. The summed E-state index contributed by atoms with van der Waals surface area (Å²) in [4.78, 5) is 13.3. The molecule has 0 fully saturated rings. The third kappa shape index (κ3) is 5.58. The Morgan fingerprint density at radius 2 is 2.00 bits per heavy atom. The molecule has 0 saturated carbocycles. The zero-order chi connectivity index (χ0) is 19.2. The molecule has 1 amide bonds. The second kappa shape index (κ2) is 9.40. The van der Waals surface area contributed by atoms with E-state index in [1.54, 1.807) is 30.0 Å². The lowest BCUT2D eigenvalue weighted by atomic mass is 10.1. The largest absolute Gasteiger partial charge is 0.492 e. The number of amides is 1. The topological polar surface area (TPSA) is 50.4 Å². The second-order valence-electron chi connectivity index (χ2n) is 6.03. The predicted molar refractivity (Wildman–Crippen MR) is 113 cm³/mol. The van der Waals surface area contributed by atoms with Gasteiger partial charge in [-0.25, -0.2) is 0 Å². The van der Waals surface area contributed by atoms with Crippen LogP contribution in [-0.2, 0) is 4.79 Å². The highest BCUT2D eigenvalue weighted by Crippen LogP contribution is 2.33. The molecule has 2 aromatic carbocycles. The lowest BCUT2D eigenvalue weighted by molar-refractivity contribution is -0.121. The Hall–Kier alpha value is -1.82. The van der Waals surface area contributed by atoms with Crippen molar-refractivity contribution in [1.82, 2.24) is 10.6 Å². The van der Waals surface area contributed by atoms with Gasteiger partial charge in [0.25, 0.3) is 0 Å². The highest BCUT2D eigenvalue weighted by molar-refractivity contribution is 8.04. The number of allylic oxidation sites excluding steroid dienone is 1. The molecule has 1 aliphatic rings. The average Bonchev–Trinajstić information content (AvgIpc) is 3.01. The minimum Gasteiger partial charge on any atom is -0.492 e. The van der Waals surface area contributed by atoms with Crippen molar-refractivity contribution in [2.75, 3.05) is 6.61 Å². The molecule has 3 rings (SSSR count). The van der Waals surface area contributed by atoms with Gasteiger partial charge in [-0.3, -0.25) is 4.79 Å². The summed E-state index contributed by atoms with van der Waals surface area (Å²) in [7, 11) is 0. The number of benzene rings is 2. The van der Waals surface area contributed by atoms with Gasteiger partial charge in [0.05, 0.1) is 17.3 Å². The van der Waals surface area contributed by atoms with Gasteiger partial charge in [-0.2, -0.15) is 0 Å². The van der Waals surface area contributed by atoms with E-state index in [0.29, 0.717) is 35.2 Å². The van der Waals surface area contributed by atoms with Crippen molar-refractivity contribution in [3.8, 4) is 5.75 Å². The lowest BCUT2D eigenvalue weighted by Crippen LogP contribution is -2.39. The van der Waals surface area contributed by atoms with Crippen LogP contribution in [0.5, 0.6) is 5.75 Å². The number of halogens is 2. The van der Waals surface area contributed by atoms with Gasteiger partial charge in [0.15, 0.2) is 5.50 Å². The number of hydrogen-bond donors (Lipinski definition) is 2. The Morgan fingerprint density at radius 3 is 2.74 bits per heavy atom. The highest BCUT2D eigenvalue weighted by atomic mass is 35.5. The summed E-state index contributed by atoms with van der Waals surface area (Å²) in [5, 5.41) is 7.39. The summed E-state index contributed by atoms with van der Waals surface area (Å²) in [6, 6.07) is 15.2. The monoisotopic (exact) mass is 422 g/mol. The Balaban J connectivity index is 1.40. The van der Waals surface area contributed by atoms with E-state index in [4.69, 9.17) is 27.9 Å². The maximum absolute atomic E-state index is 12.2. The van der Waals surface area contributed by atoms with Crippen LogP contribution >= 0.6 is 35.0 Å². The van der Waals surface area contributed by atoms with Crippen LogP contribution in [0.2, 0.25) is 10.0 Å². The van der Waals surface area contributed by atoms with Crippen molar-refractivity contribution in [2.45, 2.75) is 25.3 Å². The van der Waals surface area contributed by atoms with Crippen molar-refractivity contribution in [1.29, 1.82) is 0 Å². The van der Waals surface area contributed by atoms with E-state index in [-0.39, 0.29) is 11.4 Å². The molecule has 0 radical (unpaired) electrons. The van der Waals surface area contributed by atoms with Gasteiger partial charge in [-0.1, -0.05) is 65.3 Å². The molecular weight excluding hydrogens is 403 g/mol. The van der Waals surface area contributed by atoms with E-state index < -0.39 is 0 Å². The van der Waals surface area contributed by atoms with Gasteiger partial charge in [0.1, 0.15) is 5.75 Å². The van der Waals surface area contributed by atoms with Crippen LogP contribution in [0, 0.1) is 0 Å². The summed E-state index contributed by atoms with van der Waals surface area (Å²) >= 11 is 13.5. The molecule has 0 aromatic heterocycles. The van der Waals surface area contributed by atoms with Crippen molar-refractivity contribution < 1.29 is 9.53 Å². The minimum absolute atomic E-state index is 0.0204. The molecule has 0 unspecified atom stereocenters. The Kier molecular flexibility index (Phi) is 6.94. The number of nitrogens with one attached hydrogen (secondary N) is 2. The normalized spacial score (nSPS) is 16.2. The van der Waals surface area contributed by atoms with Crippen LogP contribution in [0.25, 0.3) is 5.70 Å². The Labute approximate surface area is 173 Å². The zero-order valence-corrected chi connectivity index (χ0v) is 17.1. The molecule has 1 aliphatic heterocycles. The summed E-state index contributed by atoms with van der Waals surface area (Å²) in [6.45, 7) is 2.46. The number of rotatable bonds is 7. The SMILES string of the molecule is CC1=C(c2ccccc2)N[C@@H](NC(=O)CCCOc2ccc(Cl)cc2Cl)S1. The van der Waals surface area contributed by atoms with Gasteiger partial charge in [-0.15, -0.1) is 0 Å². The first kappa shape index (κ1) is 19.9. The molecule has 2 N–H and O–H groups in total. The van der Waals surface area contributed by atoms with E-state index in [2.05, 4.69) is 29.7 Å². The first-order valence-electron chi connectivity index (χ1n) is 8.59. The standard InChI is InChI=1S/C20H20Cl2N2O2S/c1-13-19(14-6-3-2-4-7-14)24-20(27-13)23-18(25)8-5-11-26-17-10-9-15(21)12-16(17)22/h2-4,6-7,9-10,12,20,24H,5,8,11H2,1H3,(H,23,25)/t20-/m1/s1. The van der Waals surface area contributed by atoms with Crippen LogP contribution < -0.4 is 15.4 Å². The maximum atomic E-state index is 12.2. The summed E-state index contributed by atoms with van der Waals surface area (Å²) in [5.41, 5.74) is 2.03. The predicted octanol–water partition coefficient (Wildman–Crippen LogP) is 5.28. The Morgan fingerprint density at radius 1 is 1.22 bits per heavy atom. The van der Waals surface area contributed by atoms with Gasteiger partial charge >= 0.3 is 0 Å². The number of ether oxygens (including phenoxy) is 1. The van der Waals surface area contributed by atoms with Crippen molar-refractivity contribution >= 4 is 46.6 Å². The average molecular weight is 423 g/mol. The van der Waals surface area contributed by atoms with E-state index in [1.807, 2.05) is 18.2 Å². The first-order valence-corrected chi connectivity index (χ1v) is 10.2. The van der Waals surface area contributed by atoms with Crippen LogP contribution in [-0.4, -0.2) is 18.0 Å². The molecular formula is C20H20Cl2N2O2S. The molecule has 1 heterocycles. The van der Waals surface area contributed by atoms with E-state index in [1.165, 1.54) is 0 Å². The molecule has 1 atom stereocenters. The number of thioether (sulfide) groups is 1. The second-order valence-corrected chi connectivity index (χ2v) is 8.20. The van der Waals surface area contributed by atoms with Crippen LogP contribution in [0.3, 0.4) is 0 Å². The fourth-order valence-electron chi connectivity index (χ4n) is 2.68. The van der Waals surface area contributed by atoms with Gasteiger partial charge < -0.3 is 15.4 Å².